The number of primary amides is 1. The molecule has 0 saturated carbocycles. The van der Waals surface area contributed by atoms with E-state index in [1.807, 2.05) is 6.20 Å². The molecule has 142 valence electrons. The van der Waals surface area contributed by atoms with E-state index in [4.69, 9.17) is 14.9 Å². The largest absolute Gasteiger partial charge is 0.446 e. The van der Waals surface area contributed by atoms with Gasteiger partial charge in [0.15, 0.2) is 8.32 Å². The Kier molecular flexibility index (Phi) is 6.64. The quantitative estimate of drug-likeness (QED) is 0.755. The predicted molar refractivity (Wildman–Crippen MR) is 103 cm³/mol. The van der Waals surface area contributed by atoms with Gasteiger partial charge in [0.2, 0.25) is 0 Å². The van der Waals surface area contributed by atoms with E-state index in [9.17, 15) is 4.79 Å². The molecular weight excluding hydrogens is 354 g/mol. The third-order valence-corrected chi connectivity index (χ3v) is 10.6. The second-order valence-corrected chi connectivity index (χ2v) is 14.2. The average Bonchev–Trinajstić information content (AvgIpc) is 2.93. The van der Waals surface area contributed by atoms with Crippen molar-refractivity contribution in [1.82, 2.24) is 9.88 Å². The zero-order chi connectivity index (χ0) is 18.7. The van der Waals surface area contributed by atoms with Crippen molar-refractivity contribution < 1.29 is 14.0 Å². The van der Waals surface area contributed by atoms with E-state index < -0.39 is 14.4 Å². The van der Waals surface area contributed by atoms with Crippen molar-refractivity contribution in [3.8, 4) is 0 Å². The van der Waals surface area contributed by atoms with Crippen molar-refractivity contribution in [3.05, 3.63) is 16.1 Å². The number of aromatic nitrogens is 1. The highest BCUT2D eigenvalue weighted by atomic mass is 32.1. The molecule has 1 aromatic rings. The van der Waals surface area contributed by atoms with Crippen molar-refractivity contribution in [2.75, 3.05) is 13.1 Å². The predicted octanol–water partition coefficient (Wildman–Crippen LogP) is 3.72. The first-order chi connectivity index (χ1) is 11.6. The van der Waals surface area contributed by atoms with Gasteiger partial charge in [-0.1, -0.05) is 20.8 Å². The Hall–Kier alpha value is -0.963. The lowest BCUT2D eigenvalue weighted by Gasteiger charge is -2.35. The summed E-state index contributed by atoms with van der Waals surface area (Å²) in [5, 5.41) is 1.33. The molecule has 0 atom stereocenters. The number of nitrogens with zero attached hydrogens (tertiary/aromatic N) is 2. The number of ether oxygens (including phenoxy) is 1. The summed E-state index contributed by atoms with van der Waals surface area (Å²) in [4.78, 5) is 18.9. The molecule has 1 aliphatic rings. The molecule has 0 aliphatic carbocycles. The Morgan fingerprint density at radius 2 is 2.04 bits per heavy atom. The van der Waals surface area contributed by atoms with E-state index in [-0.39, 0.29) is 11.1 Å². The summed E-state index contributed by atoms with van der Waals surface area (Å²) < 4.78 is 11.3. The lowest BCUT2D eigenvalue weighted by molar-refractivity contribution is 0.0541. The lowest BCUT2D eigenvalue weighted by Crippen LogP contribution is -2.40. The van der Waals surface area contributed by atoms with E-state index in [1.165, 1.54) is 4.88 Å². The van der Waals surface area contributed by atoms with Crippen LogP contribution in [-0.2, 0) is 22.3 Å². The second kappa shape index (κ2) is 8.16. The molecule has 0 bridgehead atoms. The van der Waals surface area contributed by atoms with Crippen molar-refractivity contribution in [1.29, 1.82) is 0 Å². The summed E-state index contributed by atoms with van der Waals surface area (Å²) in [5.41, 5.74) is 5.08. The molecule has 25 heavy (non-hydrogen) atoms. The fraction of sp³-hybridized carbons (Fsp3) is 0.765. The molecule has 8 heteroatoms. The van der Waals surface area contributed by atoms with Crippen molar-refractivity contribution in [2.45, 2.75) is 71.0 Å². The molecule has 1 fully saturated rings. The monoisotopic (exact) mass is 385 g/mol. The highest BCUT2D eigenvalue weighted by molar-refractivity contribution is 7.11. The summed E-state index contributed by atoms with van der Waals surface area (Å²) >= 11 is 1.73. The summed E-state index contributed by atoms with van der Waals surface area (Å²) in [6.07, 6.45) is 2.88. The topological polar surface area (TPSA) is 77.7 Å². The van der Waals surface area contributed by atoms with Crippen LogP contribution in [0.2, 0.25) is 18.1 Å². The summed E-state index contributed by atoms with van der Waals surface area (Å²) in [6, 6.07) is 0. The minimum absolute atomic E-state index is 0.0430. The summed E-state index contributed by atoms with van der Waals surface area (Å²) in [5.74, 6) is 0. The van der Waals surface area contributed by atoms with Gasteiger partial charge in [-0.25, -0.2) is 9.78 Å². The van der Waals surface area contributed by atoms with Gasteiger partial charge in [-0.3, -0.25) is 4.90 Å². The highest BCUT2D eigenvalue weighted by Gasteiger charge is 2.37. The van der Waals surface area contributed by atoms with E-state index in [2.05, 4.69) is 43.7 Å². The number of hydrogen-bond donors (Lipinski definition) is 1. The van der Waals surface area contributed by atoms with Gasteiger partial charge in [0.1, 0.15) is 11.1 Å². The van der Waals surface area contributed by atoms with Gasteiger partial charge < -0.3 is 14.9 Å². The minimum atomic E-state index is -1.73. The Bertz CT molecular complexity index is 578. The molecule has 2 N–H and O–H groups in total. The number of carbonyl (C=O) groups excluding carboxylic acids is 1. The van der Waals surface area contributed by atoms with Crippen LogP contribution >= 0.6 is 11.3 Å². The minimum Gasteiger partial charge on any atom is -0.446 e. The maximum Gasteiger partial charge on any atom is 0.404 e. The van der Waals surface area contributed by atoms with Crippen molar-refractivity contribution in [3.63, 3.8) is 0 Å². The van der Waals surface area contributed by atoms with Crippen LogP contribution in [-0.4, -0.2) is 43.5 Å². The van der Waals surface area contributed by atoms with Crippen LogP contribution in [0.15, 0.2) is 6.20 Å². The van der Waals surface area contributed by atoms with E-state index in [0.717, 1.165) is 37.5 Å². The summed E-state index contributed by atoms with van der Waals surface area (Å²) in [6.45, 7) is 14.6. The van der Waals surface area contributed by atoms with Crippen LogP contribution < -0.4 is 5.73 Å². The zero-order valence-electron chi connectivity index (χ0n) is 16.0. The number of rotatable bonds is 6. The molecule has 6 nitrogen and oxygen atoms in total. The Morgan fingerprint density at radius 3 is 2.60 bits per heavy atom. The van der Waals surface area contributed by atoms with Crippen LogP contribution in [0.4, 0.5) is 4.79 Å². The molecule has 2 rings (SSSR count). The Balaban J connectivity index is 1.79. The van der Waals surface area contributed by atoms with E-state index in [0.29, 0.717) is 6.61 Å². The molecule has 1 saturated heterocycles. The summed E-state index contributed by atoms with van der Waals surface area (Å²) in [7, 11) is -1.73. The third kappa shape index (κ3) is 6.05. The smallest absolute Gasteiger partial charge is 0.404 e. The highest BCUT2D eigenvalue weighted by Crippen LogP contribution is 2.37. The SMILES string of the molecule is CC(C)(C)[Si](C)(C)OCc1cnc(CN2CCC(OC(N)=O)CC2)s1. The molecule has 0 aromatic carbocycles. The van der Waals surface area contributed by atoms with Gasteiger partial charge in [-0.2, -0.15) is 0 Å². The number of nitrogens with two attached hydrogens (primary N) is 1. The molecule has 1 aliphatic heterocycles. The third-order valence-electron chi connectivity index (χ3n) is 5.16. The Morgan fingerprint density at radius 1 is 1.40 bits per heavy atom. The van der Waals surface area contributed by atoms with Gasteiger partial charge >= 0.3 is 6.09 Å². The number of piperidine rings is 1. The normalized spacial score (nSPS) is 17.6. The van der Waals surface area contributed by atoms with Crippen LogP contribution in [0.1, 0.15) is 43.5 Å². The van der Waals surface area contributed by atoms with E-state index >= 15 is 0 Å². The molecule has 1 aromatic heterocycles. The number of hydrogen-bond acceptors (Lipinski definition) is 6. The van der Waals surface area contributed by atoms with Gasteiger partial charge in [0, 0.05) is 24.2 Å². The first-order valence-corrected chi connectivity index (χ1v) is 12.6. The number of likely N-dealkylation sites (tertiary alicyclic amines) is 1. The zero-order valence-corrected chi connectivity index (χ0v) is 17.8. The molecule has 0 spiro atoms. The lowest BCUT2D eigenvalue weighted by atomic mass is 10.1. The second-order valence-electron chi connectivity index (χ2n) is 8.18. The molecule has 0 radical (unpaired) electrons. The van der Waals surface area contributed by atoms with Crippen LogP contribution in [0, 0.1) is 0 Å². The molecular formula is C17H31N3O3SSi. The van der Waals surface area contributed by atoms with Crippen molar-refractivity contribution >= 4 is 25.7 Å². The van der Waals surface area contributed by atoms with Gasteiger partial charge in [-0.05, 0) is 31.0 Å². The fourth-order valence-electron chi connectivity index (χ4n) is 2.50. The standard InChI is InChI=1S/C17H31N3O3SSi/c1-17(2,3)25(4,5)22-12-14-10-19-15(24-14)11-20-8-6-13(7-9-20)23-16(18)21/h10,13H,6-9,11-12H2,1-5H3,(H2,18,21). The first kappa shape index (κ1) is 20.4. The number of carbonyl (C=O) groups is 1. The number of thiazole rings is 1. The van der Waals surface area contributed by atoms with Crippen LogP contribution in [0.3, 0.4) is 0 Å². The van der Waals surface area contributed by atoms with Crippen molar-refractivity contribution in [2.24, 2.45) is 5.73 Å². The van der Waals surface area contributed by atoms with Crippen LogP contribution in [0.25, 0.3) is 0 Å². The number of amides is 1. The average molecular weight is 386 g/mol. The van der Waals surface area contributed by atoms with Gasteiger partial charge in [-0.15, -0.1) is 11.3 Å². The van der Waals surface area contributed by atoms with E-state index in [1.54, 1.807) is 11.3 Å². The molecule has 0 unspecified atom stereocenters. The van der Waals surface area contributed by atoms with Gasteiger partial charge in [0.05, 0.1) is 13.2 Å². The molecule has 2 heterocycles. The van der Waals surface area contributed by atoms with Crippen LogP contribution in [0.5, 0.6) is 0 Å². The fourth-order valence-corrected chi connectivity index (χ4v) is 4.43. The maximum atomic E-state index is 10.8. The van der Waals surface area contributed by atoms with Gasteiger partial charge in [0.25, 0.3) is 0 Å². The molecule has 1 amide bonds. The maximum absolute atomic E-state index is 10.8. The first-order valence-electron chi connectivity index (χ1n) is 8.83. The Labute approximate surface area is 155 Å².